The van der Waals surface area contributed by atoms with Gasteiger partial charge in [0.1, 0.15) is 5.75 Å². The molecule has 2 N–H and O–H groups in total. The van der Waals surface area contributed by atoms with Crippen molar-refractivity contribution in [2.75, 3.05) is 0 Å². The number of esters is 1. The van der Waals surface area contributed by atoms with E-state index in [0.717, 1.165) is 31.2 Å². The molecule has 1 aromatic carbocycles. The molecule has 1 aliphatic carbocycles. The minimum Gasteiger partial charge on any atom is -0.481 e. The number of hydrogen-bond donors (Lipinski definition) is 2. The van der Waals surface area contributed by atoms with Gasteiger partial charge in [-0.15, -0.1) is 0 Å². The molecule has 0 unspecified atom stereocenters. The number of rotatable bonds is 7. The van der Waals surface area contributed by atoms with Gasteiger partial charge in [-0.05, 0) is 49.0 Å². The molecule has 0 spiro atoms. The van der Waals surface area contributed by atoms with Gasteiger partial charge in [0.05, 0.1) is 12.8 Å². The SMILES string of the molecule is Cc1cccc(OC(=O)CC(=C(CC(=O)O)C(=O)O)C2CCCC2)c1. The lowest BCUT2D eigenvalue weighted by atomic mass is 9.89. The van der Waals surface area contributed by atoms with Crippen molar-refractivity contribution in [3.05, 3.63) is 41.0 Å². The number of benzene rings is 1. The number of ether oxygens (including phenoxy) is 1. The summed E-state index contributed by atoms with van der Waals surface area (Å²) in [7, 11) is 0. The fraction of sp³-hybridized carbons (Fsp3) is 0.421. The number of aryl methyl sites for hydroxylation is 1. The van der Waals surface area contributed by atoms with Crippen molar-refractivity contribution in [2.24, 2.45) is 5.92 Å². The molecule has 0 bridgehead atoms. The maximum atomic E-state index is 12.3. The molecule has 1 aliphatic rings. The van der Waals surface area contributed by atoms with E-state index in [4.69, 9.17) is 9.84 Å². The van der Waals surface area contributed by atoms with E-state index in [2.05, 4.69) is 0 Å². The van der Waals surface area contributed by atoms with Gasteiger partial charge in [-0.25, -0.2) is 4.79 Å². The molecule has 25 heavy (non-hydrogen) atoms. The van der Waals surface area contributed by atoms with Crippen LogP contribution in [-0.4, -0.2) is 28.1 Å². The molecule has 1 saturated carbocycles. The van der Waals surface area contributed by atoms with E-state index in [-0.39, 0.29) is 17.9 Å². The quantitative estimate of drug-likeness (QED) is 0.446. The van der Waals surface area contributed by atoms with Crippen LogP contribution in [0, 0.1) is 12.8 Å². The van der Waals surface area contributed by atoms with Crippen molar-refractivity contribution in [3.63, 3.8) is 0 Å². The average molecular weight is 346 g/mol. The van der Waals surface area contributed by atoms with Crippen LogP contribution in [0.1, 0.15) is 44.1 Å². The number of carboxylic acid groups (broad SMARTS) is 2. The van der Waals surface area contributed by atoms with Crippen LogP contribution in [0.3, 0.4) is 0 Å². The molecule has 0 saturated heterocycles. The van der Waals surface area contributed by atoms with Crippen molar-refractivity contribution in [1.29, 1.82) is 0 Å². The van der Waals surface area contributed by atoms with E-state index < -0.39 is 24.3 Å². The molecular formula is C19H22O6. The summed E-state index contributed by atoms with van der Waals surface area (Å²) in [5.74, 6) is -2.76. The van der Waals surface area contributed by atoms with Gasteiger partial charge in [-0.1, -0.05) is 25.0 Å². The molecule has 0 radical (unpaired) electrons. The number of carbonyl (C=O) groups is 3. The van der Waals surface area contributed by atoms with Gasteiger partial charge in [0.2, 0.25) is 0 Å². The zero-order valence-corrected chi connectivity index (χ0v) is 14.2. The number of carboxylic acids is 2. The van der Waals surface area contributed by atoms with E-state index in [1.807, 2.05) is 13.0 Å². The second kappa shape index (κ2) is 8.46. The van der Waals surface area contributed by atoms with Crippen LogP contribution in [0.2, 0.25) is 0 Å². The smallest absolute Gasteiger partial charge is 0.332 e. The van der Waals surface area contributed by atoms with Gasteiger partial charge in [0.15, 0.2) is 0 Å². The first kappa shape index (κ1) is 18.7. The van der Waals surface area contributed by atoms with Crippen LogP contribution < -0.4 is 4.74 Å². The Hall–Kier alpha value is -2.63. The summed E-state index contributed by atoms with van der Waals surface area (Å²) in [5.41, 5.74) is 1.14. The summed E-state index contributed by atoms with van der Waals surface area (Å²) in [6.45, 7) is 1.87. The fourth-order valence-corrected chi connectivity index (χ4v) is 3.25. The lowest BCUT2D eigenvalue weighted by Gasteiger charge is -2.17. The van der Waals surface area contributed by atoms with Crippen molar-refractivity contribution in [2.45, 2.75) is 45.4 Å². The highest BCUT2D eigenvalue weighted by atomic mass is 16.5. The molecular weight excluding hydrogens is 324 g/mol. The monoisotopic (exact) mass is 346 g/mol. The summed E-state index contributed by atoms with van der Waals surface area (Å²) in [6, 6.07) is 7.00. The van der Waals surface area contributed by atoms with E-state index in [1.165, 1.54) is 0 Å². The molecule has 1 aromatic rings. The summed E-state index contributed by atoms with van der Waals surface area (Å²) >= 11 is 0. The lowest BCUT2D eigenvalue weighted by Crippen LogP contribution is -2.18. The second-order valence-electron chi connectivity index (χ2n) is 6.33. The Labute approximate surface area is 146 Å². The Morgan fingerprint density at radius 2 is 1.80 bits per heavy atom. The summed E-state index contributed by atoms with van der Waals surface area (Å²) in [4.78, 5) is 34.9. The largest absolute Gasteiger partial charge is 0.481 e. The number of aliphatic carboxylic acids is 2. The molecule has 134 valence electrons. The summed E-state index contributed by atoms with van der Waals surface area (Å²) in [6.07, 6.45) is 2.63. The van der Waals surface area contributed by atoms with E-state index in [9.17, 15) is 19.5 Å². The van der Waals surface area contributed by atoms with Crippen LogP contribution in [0.15, 0.2) is 35.4 Å². The minimum absolute atomic E-state index is 0.0736. The number of carbonyl (C=O) groups excluding carboxylic acids is 1. The van der Waals surface area contributed by atoms with Crippen LogP contribution in [0.4, 0.5) is 0 Å². The van der Waals surface area contributed by atoms with Gasteiger partial charge in [-0.3, -0.25) is 9.59 Å². The van der Waals surface area contributed by atoms with Gasteiger partial charge < -0.3 is 14.9 Å². The Bertz CT molecular complexity index is 698. The third-order valence-electron chi connectivity index (χ3n) is 4.38. The maximum Gasteiger partial charge on any atom is 0.332 e. The normalized spacial score (nSPS) is 15.6. The van der Waals surface area contributed by atoms with Gasteiger partial charge in [-0.2, -0.15) is 0 Å². The second-order valence-corrected chi connectivity index (χ2v) is 6.33. The van der Waals surface area contributed by atoms with Crippen molar-refractivity contribution in [3.8, 4) is 5.75 Å². The first-order valence-corrected chi connectivity index (χ1v) is 8.31. The molecule has 2 rings (SSSR count). The van der Waals surface area contributed by atoms with Crippen LogP contribution in [-0.2, 0) is 14.4 Å². The van der Waals surface area contributed by atoms with Crippen LogP contribution in [0.25, 0.3) is 0 Å². The predicted molar refractivity (Wildman–Crippen MR) is 90.3 cm³/mol. The number of hydrogen-bond acceptors (Lipinski definition) is 4. The van der Waals surface area contributed by atoms with Gasteiger partial charge in [0.25, 0.3) is 0 Å². The average Bonchev–Trinajstić information content (AvgIpc) is 3.04. The Morgan fingerprint density at radius 3 is 2.36 bits per heavy atom. The molecule has 0 atom stereocenters. The van der Waals surface area contributed by atoms with Crippen LogP contribution in [0.5, 0.6) is 5.75 Å². The van der Waals surface area contributed by atoms with Crippen molar-refractivity contribution >= 4 is 17.9 Å². The molecule has 0 aliphatic heterocycles. The minimum atomic E-state index is -1.28. The van der Waals surface area contributed by atoms with E-state index in [1.54, 1.807) is 18.2 Å². The first-order valence-electron chi connectivity index (χ1n) is 8.31. The lowest BCUT2D eigenvalue weighted by molar-refractivity contribution is -0.140. The molecule has 0 heterocycles. The third kappa shape index (κ3) is 5.45. The highest BCUT2D eigenvalue weighted by molar-refractivity contribution is 5.94. The molecule has 0 amide bonds. The van der Waals surface area contributed by atoms with Gasteiger partial charge >= 0.3 is 17.9 Å². The third-order valence-corrected chi connectivity index (χ3v) is 4.38. The maximum absolute atomic E-state index is 12.3. The van der Waals surface area contributed by atoms with Crippen LogP contribution >= 0.6 is 0 Å². The summed E-state index contributed by atoms with van der Waals surface area (Å²) < 4.78 is 5.31. The molecule has 6 nitrogen and oxygen atoms in total. The Morgan fingerprint density at radius 1 is 1.12 bits per heavy atom. The Kier molecular flexibility index (Phi) is 6.33. The molecule has 0 aromatic heterocycles. The standard InChI is InChI=1S/C19H22O6/c1-12-5-4-8-14(9-12)25-18(22)11-15(13-6-2-3-7-13)16(19(23)24)10-17(20)21/h4-5,8-9,13H,2-3,6-7,10-11H2,1H3,(H,20,21)(H,23,24). The molecule has 1 fully saturated rings. The Balaban J connectivity index is 2.24. The van der Waals surface area contributed by atoms with Gasteiger partial charge in [0, 0.05) is 5.57 Å². The highest BCUT2D eigenvalue weighted by Crippen LogP contribution is 2.35. The highest BCUT2D eigenvalue weighted by Gasteiger charge is 2.28. The topological polar surface area (TPSA) is 101 Å². The molecule has 6 heteroatoms. The van der Waals surface area contributed by atoms with E-state index in [0.29, 0.717) is 11.3 Å². The zero-order valence-electron chi connectivity index (χ0n) is 14.2. The van der Waals surface area contributed by atoms with Crippen molar-refractivity contribution in [1.82, 2.24) is 0 Å². The summed E-state index contributed by atoms with van der Waals surface area (Å²) in [5, 5.41) is 18.4. The fourth-order valence-electron chi connectivity index (χ4n) is 3.25. The predicted octanol–water partition coefficient (Wildman–Crippen LogP) is 3.34. The zero-order chi connectivity index (χ0) is 18.4. The van der Waals surface area contributed by atoms with Crippen molar-refractivity contribution < 1.29 is 29.3 Å². The van der Waals surface area contributed by atoms with E-state index >= 15 is 0 Å². The first-order chi connectivity index (χ1) is 11.9.